The maximum Gasteiger partial charge on any atom is 0.338 e. The highest BCUT2D eigenvalue weighted by Gasteiger charge is 2.37. The fourth-order valence-electron chi connectivity index (χ4n) is 3.62. The minimum Gasteiger partial charge on any atom is -0.496 e. The number of esters is 1. The molecule has 2 aromatic carbocycles. The van der Waals surface area contributed by atoms with Gasteiger partial charge in [-0.05, 0) is 44.3 Å². The number of benzene rings is 2. The molecular weight excluding hydrogens is 416 g/mol. The molecule has 0 radical (unpaired) electrons. The Labute approximate surface area is 187 Å². The summed E-state index contributed by atoms with van der Waals surface area (Å²) < 4.78 is 21.9. The number of allylic oxidation sites excluding steroid dienone is 1. The van der Waals surface area contributed by atoms with Gasteiger partial charge in [0, 0.05) is 23.0 Å². The van der Waals surface area contributed by atoms with E-state index in [-0.39, 0.29) is 6.61 Å². The van der Waals surface area contributed by atoms with E-state index in [1.165, 1.54) is 0 Å². The SMILES string of the molecule is CCOC(=O)C1=C(C)N(c2ccccc2)C(=S)NC1c1cc(OC)c(OC)cc1OC. The molecule has 0 aromatic heterocycles. The maximum absolute atomic E-state index is 13.1. The number of hydrogen-bond acceptors (Lipinski definition) is 6. The van der Waals surface area contributed by atoms with Crippen LogP contribution in [0.25, 0.3) is 0 Å². The zero-order chi connectivity index (χ0) is 22.5. The first kappa shape index (κ1) is 22.4. The first-order valence-electron chi connectivity index (χ1n) is 9.80. The monoisotopic (exact) mass is 442 g/mol. The molecule has 1 aliphatic rings. The third-order valence-electron chi connectivity index (χ3n) is 5.04. The van der Waals surface area contributed by atoms with E-state index in [0.29, 0.717) is 39.2 Å². The van der Waals surface area contributed by atoms with Gasteiger partial charge in [0.25, 0.3) is 0 Å². The molecule has 1 N–H and O–H groups in total. The van der Waals surface area contributed by atoms with Gasteiger partial charge in [-0.15, -0.1) is 0 Å². The largest absolute Gasteiger partial charge is 0.496 e. The van der Waals surface area contributed by atoms with Crippen molar-refractivity contribution in [3.05, 3.63) is 59.3 Å². The van der Waals surface area contributed by atoms with E-state index >= 15 is 0 Å². The quantitative estimate of drug-likeness (QED) is 0.510. The molecule has 1 aliphatic heterocycles. The highest BCUT2D eigenvalue weighted by atomic mass is 32.1. The topological polar surface area (TPSA) is 69.3 Å². The lowest BCUT2D eigenvalue weighted by atomic mass is 9.93. The average Bonchev–Trinajstić information content (AvgIpc) is 2.78. The summed E-state index contributed by atoms with van der Waals surface area (Å²) in [5.74, 6) is 1.13. The molecule has 0 fully saturated rings. The number of ether oxygens (including phenoxy) is 4. The van der Waals surface area contributed by atoms with E-state index in [0.717, 1.165) is 5.69 Å². The number of anilines is 1. The van der Waals surface area contributed by atoms with E-state index in [1.807, 2.05) is 42.2 Å². The Morgan fingerprint density at radius 1 is 1.03 bits per heavy atom. The molecule has 0 saturated carbocycles. The molecule has 0 spiro atoms. The third-order valence-corrected chi connectivity index (χ3v) is 5.34. The summed E-state index contributed by atoms with van der Waals surface area (Å²) in [6, 6.07) is 12.5. The second-order valence-electron chi connectivity index (χ2n) is 6.72. The summed E-state index contributed by atoms with van der Waals surface area (Å²) in [6.45, 7) is 3.88. The van der Waals surface area contributed by atoms with Gasteiger partial charge >= 0.3 is 5.97 Å². The smallest absolute Gasteiger partial charge is 0.338 e. The van der Waals surface area contributed by atoms with Crippen molar-refractivity contribution in [2.24, 2.45) is 0 Å². The molecule has 164 valence electrons. The molecule has 1 atom stereocenters. The molecule has 2 aromatic rings. The molecule has 1 heterocycles. The van der Waals surface area contributed by atoms with Gasteiger partial charge in [0.15, 0.2) is 16.6 Å². The van der Waals surface area contributed by atoms with Crippen LogP contribution in [0.3, 0.4) is 0 Å². The second kappa shape index (κ2) is 9.70. The molecule has 31 heavy (non-hydrogen) atoms. The number of para-hydroxylation sites is 1. The number of carbonyl (C=O) groups is 1. The van der Waals surface area contributed by atoms with Gasteiger partial charge < -0.3 is 24.3 Å². The maximum atomic E-state index is 13.1. The van der Waals surface area contributed by atoms with E-state index in [1.54, 1.807) is 40.4 Å². The van der Waals surface area contributed by atoms with Crippen molar-refractivity contribution in [3.63, 3.8) is 0 Å². The second-order valence-corrected chi connectivity index (χ2v) is 7.11. The van der Waals surface area contributed by atoms with Crippen LogP contribution >= 0.6 is 12.2 Å². The van der Waals surface area contributed by atoms with E-state index in [4.69, 9.17) is 31.2 Å². The Bertz CT molecular complexity index is 1010. The van der Waals surface area contributed by atoms with Gasteiger partial charge in [-0.2, -0.15) is 0 Å². The highest BCUT2D eigenvalue weighted by Crippen LogP contribution is 2.42. The van der Waals surface area contributed by atoms with Crippen molar-refractivity contribution in [3.8, 4) is 17.2 Å². The van der Waals surface area contributed by atoms with Crippen LogP contribution in [-0.2, 0) is 9.53 Å². The van der Waals surface area contributed by atoms with Crippen molar-refractivity contribution in [1.29, 1.82) is 0 Å². The Balaban J connectivity index is 2.21. The molecule has 0 saturated heterocycles. The fraction of sp³-hybridized carbons (Fsp3) is 0.304. The van der Waals surface area contributed by atoms with Crippen molar-refractivity contribution >= 4 is 29.0 Å². The number of rotatable bonds is 7. The number of carbonyl (C=O) groups excluding carboxylic acids is 1. The van der Waals surface area contributed by atoms with Gasteiger partial charge in [-0.25, -0.2) is 4.79 Å². The molecule has 0 bridgehead atoms. The van der Waals surface area contributed by atoms with E-state index < -0.39 is 12.0 Å². The van der Waals surface area contributed by atoms with Crippen LogP contribution in [0.2, 0.25) is 0 Å². The van der Waals surface area contributed by atoms with Crippen LogP contribution in [0.1, 0.15) is 25.5 Å². The van der Waals surface area contributed by atoms with Crippen LogP contribution in [-0.4, -0.2) is 39.0 Å². The first-order valence-corrected chi connectivity index (χ1v) is 10.2. The minimum absolute atomic E-state index is 0.251. The molecule has 8 heteroatoms. The Morgan fingerprint density at radius 3 is 2.23 bits per heavy atom. The minimum atomic E-state index is -0.596. The first-order chi connectivity index (χ1) is 15.0. The van der Waals surface area contributed by atoms with Crippen LogP contribution in [0, 0.1) is 0 Å². The van der Waals surface area contributed by atoms with Crippen LogP contribution < -0.4 is 24.4 Å². The summed E-state index contributed by atoms with van der Waals surface area (Å²) >= 11 is 5.69. The number of methoxy groups -OCH3 is 3. The lowest BCUT2D eigenvalue weighted by Gasteiger charge is -2.38. The molecule has 1 unspecified atom stereocenters. The van der Waals surface area contributed by atoms with Gasteiger partial charge in [-0.1, -0.05) is 18.2 Å². The van der Waals surface area contributed by atoms with E-state index in [2.05, 4.69) is 5.32 Å². The lowest BCUT2D eigenvalue weighted by Crippen LogP contribution is -2.48. The highest BCUT2D eigenvalue weighted by molar-refractivity contribution is 7.80. The fourth-order valence-corrected chi connectivity index (χ4v) is 3.98. The standard InChI is InChI=1S/C23H26N2O5S/c1-6-30-22(26)20-14(2)25(15-10-8-7-9-11-15)23(31)24-21(20)16-12-18(28-4)19(29-5)13-17(16)27-3/h7-13,21H,6H2,1-5H3,(H,24,31). The van der Waals surface area contributed by atoms with E-state index in [9.17, 15) is 4.79 Å². The Kier molecular flexibility index (Phi) is 7.02. The molecule has 7 nitrogen and oxygen atoms in total. The number of nitrogens with zero attached hydrogens (tertiary/aromatic N) is 1. The third kappa shape index (κ3) is 4.29. The summed E-state index contributed by atoms with van der Waals surface area (Å²) in [5.41, 5.74) is 2.63. The number of hydrogen-bond donors (Lipinski definition) is 1. The van der Waals surface area contributed by atoms with Gasteiger partial charge in [0.2, 0.25) is 0 Å². The number of nitrogens with one attached hydrogen (secondary N) is 1. The van der Waals surface area contributed by atoms with Crippen LogP contribution in [0.5, 0.6) is 17.2 Å². The molecule has 0 aliphatic carbocycles. The van der Waals surface area contributed by atoms with Crippen molar-refractivity contribution < 1.29 is 23.7 Å². The van der Waals surface area contributed by atoms with Gasteiger partial charge in [0.05, 0.1) is 39.6 Å². The predicted molar refractivity (Wildman–Crippen MR) is 123 cm³/mol. The summed E-state index contributed by atoms with van der Waals surface area (Å²) in [7, 11) is 4.66. The van der Waals surface area contributed by atoms with Crippen molar-refractivity contribution in [2.45, 2.75) is 19.9 Å². The Hall–Kier alpha value is -3.26. The summed E-state index contributed by atoms with van der Waals surface area (Å²) in [4.78, 5) is 14.9. The zero-order valence-electron chi connectivity index (χ0n) is 18.2. The number of thiocarbonyl (C=S) groups is 1. The predicted octanol–water partition coefficient (Wildman–Crippen LogP) is 3.99. The molecule has 0 amide bonds. The van der Waals surface area contributed by atoms with Crippen LogP contribution in [0.4, 0.5) is 5.69 Å². The normalized spacial score (nSPS) is 16.0. The van der Waals surface area contributed by atoms with Crippen molar-refractivity contribution in [2.75, 3.05) is 32.8 Å². The summed E-state index contributed by atoms with van der Waals surface area (Å²) in [6.07, 6.45) is 0. The lowest BCUT2D eigenvalue weighted by molar-refractivity contribution is -0.139. The zero-order valence-corrected chi connectivity index (χ0v) is 19.0. The van der Waals surface area contributed by atoms with Gasteiger partial charge in [0.1, 0.15) is 5.75 Å². The summed E-state index contributed by atoms with van der Waals surface area (Å²) in [5, 5.41) is 3.74. The molecule has 3 rings (SSSR count). The molecular formula is C23H26N2O5S. The van der Waals surface area contributed by atoms with Gasteiger partial charge in [-0.3, -0.25) is 4.90 Å². The van der Waals surface area contributed by atoms with Crippen molar-refractivity contribution in [1.82, 2.24) is 5.32 Å². The average molecular weight is 443 g/mol. The van der Waals surface area contributed by atoms with Crippen LogP contribution in [0.15, 0.2) is 53.7 Å². The Morgan fingerprint density at radius 2 is 1.65 bits per heavy atom.